The molecule has 90 valence electrons. The van der Waals surface area contributed by atoms with Crippen molar-refractivity contribution in [3.63, 3.8) is 0 Å². The summed E-state index contributed by atoms with van der Waals surface area (Å²) in [5, 5.41) is 5.75. The van der Waals surface area contributed by atoms with Gasteiger partial charge >= 0.3 is 0 Å². The first-order chi connectivity index (χ1) is 7.81. The molecule has 0 saturated carbocycles. The number of ether oxygens (including phenoxy) is 2. The van der Waals surface area contributed by atoms with Crippen molar-refractivity contribution in [2.75, 3.05) is 26.9 Å². The van der Waals surface area contributed by atoms with Crippen LogP contribution in [-0.4, -0.2) is 50.9 Å². The van der Waals surface area contributed by atoms with E-state index in [0.717, 1.165) is 19.4 Å². The Bertz CT molecular complexity index is 287. The molecule has 16 heavy (non-hydrogen) atoms. The first-order valence-electron chi connectivity index (χ1n) is 5.53. The van der Waals surface area contributed by atoms with Crippen LogP contribution in [0.15, 0.2) is 4.99 Å². The normalized spacial score (nSPS) is 31.8. The topological polar surface area (TPSA) is 72.0 Å². The number of amides is 1. The standard InChI is InChI=1S/C10H17N3O3/c1-15-6-4-11-10-12-8(9(14)13-10)7-3-2-5-16-7/h7-8H,2-6H2,1H3,(H2,11,12,13,14). The molecule has 6 nitrogen and oxygen atoms in total. The summed E-state index contributed by atoms with van der Waals surface area (Å²) >= 11 is 0. The van der Waals surface area contributed by atoms with Gasteiger partial charge in [-0.25, -0.2) is 0 Å². The number of nitrogens with one attached hydrogen (secondary N) is 2. The number of hydrogen-bond donors (Lipinski definition) is 2. The van der Waals surface area contributed by atoms with Crippen LogP contribution in [0.1, 0.15) is 12.8 Å². The second-order valence-electron chi connectivity index (χ2n) is 3.89. The van der Waals surface area contributed by atoms with E-state index in [2.05, 4.69) is 15.6 Å². The van der Waals surface area contributed by atoms with E-state index in [1.165, 1.54) is 0 Å². The summed E-state index contributed by atoms with van der Waals surface area (Å²) in [7, 11) is 1.62. The average molecular weight is 227 g/mol. The second-order valence-corrected chi connectivity index (χ2v) is 3.89. The van der Waals surface area contributed by atoms with Crippen LogP contribution < -0.4 is 10.6 Å². The minimum absolute atomic E-state index is 0.0184. The highest BCUT2D eigenvalue weighted by atomic mass is 16.5. The third kappa shape index (κ3) is 2.51. The maximum absolute atomic E-state index is 11.6. The predicted octanol–water partition coefficient (Wildman–Crippen LogP) is -0.744. The quantitative estimate of drug-likeness (QED) is 0.620. The molecule has 2 rings (SSSR count). The Balaban J connectivity index is 1.88. The lowest BCUT2D eigenvalue weighted by Gasteiger charge is -2.14. The van der Waals surface area contributed by atoms with Crippen LogP contribution in [-0.2, 0) is 14.3 Å². The molecule has 0 aromatic heterocycles. The molecule has 2 aliphatic heterocycles. The number of aliphatic imine (C=N–C) groups is 1. The molecule has 0 aromatic rings. The van der Waals surface area contributed by atoms with Gasteiger partial charge in [0.05, 0.1) is 19.3 Å². The SMILES string of the molecule is COCCN=C1NC(=O)C(C2CCCO2)N1. The number of guanidine groups is 1. The van der Waals surface area contributed by atoms with E-state index in [9.17, 15) is 4.79 Å². The van der Waals surface area contributed by atoms with Crippen molar-refractivity contribution in [2.24, 2.45) is 4.99 Å². The number of rotatable bonds is 4. The minimum Gasteiger partial charge on any atom is -0.383 e. The Morgan fingerprint density at radius 2 is 2.50 bits per heavy atom. The van der Waals surface area contributed by atoms with E-state index in [0.29, 0.717) is 19.1 Å². The van der Waals surface area contributed by atoms with Gasteiger partial charge in [-0.15, -0.1) is 0 Å². The summed E-state index contributed by atoms with van der Waals surface area (Å²) in [5.74, 6) is 0.477. The number of methoxy groups -OCH3 is 1. The van der Waals surface area contributed by atoms with Crippen molar-refractivity contribution in [1.82, 2.24) is 10.6 Å². The molecule has 2 fully saturated rings. The average Bonchev–Trinajstić information content (AvgIpc) is 2.87. The lowest BCUT2D eigenvalue weighted by atomic mass is 10.1. The van der Waals surface area contributed by atoms with Gasteiger partial charge in [-0.3, -0.25) is 15.1 Å². The molecule has 1 amide bonds. The highest BCUT2D eigenvalue weighted by Crippen LogP contribution is 2.17. The first kappa shape index (κ1) is 11.3. The third-order valence-electron chi connectivity index (χ3n) is 2.72. The van der Waals surface area contributed by atoms with Gasteiger partial charge in [0.15, 0.2) is 5.96 Å². The third-order valence-corrected chi connectivity index (χ3v) is 2.72. The fourth-order valence-electron chi connectivity index (χ4n) is 1.90. The first-order valence-corrected chi connectivity index (χ1v) is 5.53. The molecule has 2 heterocycles. The molecule has 0 radical (unpaired) electrons. The molecule has 0 aromatic carbocycles. The molecular weight excluding hydrogens is 210 g/mol. The molecule has 2 aliphatic rings. The van der Waals surface area contributed by atoms with E-state index in [1.807, 2.05) is 0 Å². The van der Waals surface area contributed by atoms with Crippen molar-refractivity contribution in [3.05, 3.63) is 0 Å². The van der Waals surface area contributed by atoms with Gasteiger partial charge in [0.2, 0.25) is 0 Å². The van der Waals surface area contributed by atoms with E-state index in [-0.39, 0.29) is 18.1 Å². The summed E-state index contributed by atoms with van der Waals surface area (Å²) in [6.07, 6.45) is 1.93. The lowest BCUT2D eigenvalue weighted by molar-refractivity contribution is -0.122. The maximum Gasteiger partial charge on any atom is 0.251 e. The number of hydrogen-bond acceptors (Lipinski definition) is 4. The molecule has 2 saturated heterocycles. The summed E-state index contributed by atoms with van der Waals surface area (Å²) in [4.78, 5) is 15.8. The van der Waals surface area contributed by atoms with Crippen molar-refractivity contribution in [1.29, 1.82) is 0 Å². The summed E-state index contributed by atoms with van der Waals surface area (Å²) in [6.45, 7) is 1.83. The minimum atomic E-state index is -0.288. The van der Waals surface area contributed by atoms with E-state index in [1.54, 1.807) is 7.11 Å². The lowest BCUT2D eigenvalue weighted by Crippen LogP contribution is -2.40. The molecule has 2 N–H and O–H groups in total. The van der Waals surface area contributed by atoms with E-state index < -0.39 is 0 Å². The van der Waals surface area contributed by atoms with Crippen molar-refractivity contribution in [2.45, 2.75) is 25.0 Å². The predicted molar refractivity (Wildman–Crippen MR) is 58.2 cm³/mol. The van der Waals surface area contributed by atoms with Crippen LogP contribution >= 0.6 is 0 Å². The Morgan fingerprint density at radius 1 is 1.62 bits per heavy atom. The Kier molecular flexibility index (Phi) is 3.74. The van der Waals surface area contributed by atoms with Gasteiger partial charge < -0.3 is 14.8 Å². The number of nitrogens with zero attached hydrogens (tertiary/aromatic N) is 1. The monoisotopic (exact) mass is 227 g/mol. The van der Waals surface area contributed by atoms with Gasteiger partial charge in [-0.05, 0) is 12.8 Å². The van der Waals surface area contributed by atoms with Gasteiger partial charge in [-0.1, -0.05) is 0 Å². The molecule has 0 bridgehead atoms. The molecule has 2 unspecified atom stereocenters. The Morgan fingerprint density at radius 3 is 3.19 bits per heavy atom. The molecule has 6 heteroatoms. The van der Waals surface area contributed by atoms with Gasteiger partial charge in [0.25, 0.3) is 5.91 Å². The van der Waals surface area contributed by atoms with Crippen LogP contribution in [0.3, 0.4) is 0 Å². The van der Waals surface area contributed by atoms with Crippen LogP contribution in [0, 0.1) is 0 Å². The fourth-order valence-corrected chi connectivity index (χ4v) is 1.90. The largest absolute Gasteiger partial charge is 0.383 e. The van der Waals surface area contributed by atoms with E-state index >= 15 is 0 Å². The van der Waals surface area contributed by atoms with Crippen molar-refractivity contribution >= 4 is 11.9 Å². The smallest absolute Gasteiger partial charge is 0.251 e. The Hall–Kier alpha value is -1.14. The summed E-state index contributed by atoms with van der Waals surface area (Å²) in [6, 6.07) is -0.288. The van der Waals surface area contributed by atoms with E-state index in [4.69, 9.17) is 9.47 Å². The number of carbonyl (C=O) groups excluding carboxylic acids is 1. The van der Waals surface area contributed by atoms with Gasteiger partial charge in [0.1, 0.15) is 6.04 Å². The highest BCUT2D eigenvalue weighted by Gasteiger charge is 2.37. The maximum atomic E-state index is 11.6. The van der Waals surface area contributed by atoms with Gasteiger partial charge in [0, 0.05) is 13.7 Å². The van der Waals surface area contributed by atoms with Crippen molar-refractivity contribution < 1.29 is 14.3 Å². The second kappa shape index (κ2) is 5.27. The highest BCUT2D eigenvalue weighted by molar-refractivity contribution is 6.06. The molecule has 2 atom stereocenters. The van der Waals surface area contributed by atoms with Gasteiger partial charge in [-0.2, -0.15) is 0 Å². The van der Waals surface area contributed by atoms with Crippen LogP contribution in [0.25, 0.3) is 0 Å². The molecular formula is C10H17N3O3. The zero-order valence-electron chi connectivity index (χ0n) is 9.36. The zero-order chi connectivity index (χ0) is 11.4. The zero-order valence-corrected chi connectivity index (χ0v) is 9.36. The Labute approximate surface area is 94.4 Å². The van der Waals surface area contributed by atoms with Crippen molar-refractivity contribution in [3.8, 4) is 0 Å². The molecule has 0 aliphatic carbocycles. The fraction of sp³-hybridized carbons (Fsp3) is 0.800. The van der Waals surface area contributed by atoms with Crippen LogP contribution in [0.4, 0.5) is 0 Å². The summed E-state index contributed by atoms with van der Waals surface area (Å²) < 4.78 is 10.4. The van der Waals surface area contributed by atoms with Crippen LogP contribution in [0.5, 0.6) is 0 Å². The van der Waals surface area contributed by atoms with Crippen LogP contribution in [0.2, 0.25) is 0 Å². The molecule has 0 spiro atoms. The summed E-state index contributed by atoms with van der Waals surface area (Å²) in [5.41, 5.74) is 0. The number of carbonyl (C=O) groups is 1.